The second kappa shape index (κ2) is 6.05. The lowest BCUT2D eigenvalue weighted by molar-refractivity contribution is -0.137. The van der Waals surface area contributed by atoms with E-state index >= 15 is 0 Å². The minimum absolute atomic E-state index is 0.209. The molecule has 1 aromatic rings. The molecule has 0 bridgehead atoms. The molecule has 0 amide bonds. The Hall–Kier alpha value is -0.880. The first-order valence-corrected chi connectivity index (χ1v) is 7.27. The predicted molar refractivity (Wildman–Crippen MR) is 72.3 cm³/mol. The molecule has 0 saturated carbocycles. The fraction of sp³-hybridized carbons (Fsp3) is 0.538. The first kappa shape index (κ1) is 14.5. The number of hydrogen-bond donors (Lipinski definition) is 1. The third kappa shape index (κ3) is 4.04. The van der Waals surface area contributed by atoms with Crippen molar-refractivity contribution in [2.24, 2.45) is 0 Å². The molecule has 2 N–H and O–H groups in total. The Labute approximate surface area is 115 Å². The number of nitrogen functional groups attached to an aromatic ring is 1. The SMILES string of the molecule is Nc1cc(C(F)(F)F)ccc1SCCN1CCCC1. The Morgan fingerprint density at radius 1 is 1.21 bits per heavy atom. The van der Waals surface area contributed by atoms with E-state index < -0.39 is 11.7 Å². The van der Waals surface area contributed by atoms with E-state index in [1.807, 2.05) is 0 Å². The van der Waals surface area contributed by atoms with Gasteiger partial charge < -0.3 is 10.6 Å². The molecule has 0 unspecified atom stereocenters. The van der Waals surface area contributed by atoms with Gasteiger partial charge in [-0.1, -0.05) is 0 Å². The average Bonchev–Trinajstić information content (AvgIpc) is 2.83. The van der Waals surface area contributed by atoms with Crippen molar-refractivity contribution in [1.29, 1.82) is 0 Å². The van der Waals surface area contributed by atoms with Crippen molar-refractivity contribution >= 4 is 17.4 Å². The van der Waals surface area contributed by atoms with Crippen LogP contribution in [0.5, 0.6) is 0 Å². The maximum absolute atomic E-state index is 12.5. The standard InChI is InChI=1S/C13H17F3N2S/c14-13(15,16)10-3-4-12(11(17)9-10)19-8-7-18-5-1-2-6-18/h3-4,9H,1-2,5-8,17H2. The molecule has 1 saturated heterocycles. The third-order valence-corrected chi connectivity index (χ3v) is 4.27. The van der Waals surface area contributed by atoms with Gasteiger partial charge in [0, 0.05) is 22.9 Å². The number of alkyl halides is 3. The fourth-order valence-corrected chi connectivity index (χ4v) is 3.11. The Morgan fingerprint density at radius 3 is 2.47 bits per heavy atom. The van der Waals surface area contributed by atoms with E-state index in [2.05, 4.69) is 4.90 Å². The van der Waals surface area contributed by atoms with Crippen LogP contribution in [0.15, 0.2) is 23.1 Å². The van der Waals surface area contributed by atoms with Crippen LogP contribution in [0.1, 0.15) is 18.4 Å². The summed E-state index contributed by atoms with van der Waals surface area (Å²) in [6, 6.07) is 3.57. The lowest BCUT2D eigenvalue weighted by atomic mass is 10.2. The van der Waals surface area contributed by atoms with Gasteiger partial charge in [-0.05, 0) is 44.1 Å². The number of thioether (sulfide) groups is 1. The molecule has 1 heterocycles. The Bertz CT molecular complexity index is 428. The van der Waals surface area contributed by atoms with Crippen LogP contribution in [0.2, 0.25) is 0 Å². The first-order chi connectivity index (χ1) is 8.97. The molecule has 1 aromatic carbocycles. The zero-order valence-electron chi connectivity index (χ0n) is 10.5. The van der Waals surface area contributed by atoms with Crippen molar-refractivity contribution in [2.75, 3.05) is 31.1 Å². The molecule has 0 radical (unpaired) electrons. The van der Waals surface area contributed by atoms with Crippen LogP contribution in [0.4, 0.5) is 18.9 Å². The zero-order chi connectivity index (χ0) is 13.9. The average molecular weight is 290 g/mol. The molecule has 0 aliphatic carbocycles. The molecule has 0 spiro atoms. The number of benzene rings is 1. The summed E-state index contributed by atoms with van der Waals surface area (Å²) in [5, 5.41) is 0. The van der Waals surface area contributed by atoms with Crippen molar-refractivity contribution < 1.29 is 13.2 Å². The van der Waals surface area contributed by atoms with Crippen molar-refractivity contribution in [3.63, 3.8) is 0 Å². The summed E-state index contributed by atoms with van der Waals surface area (Å²) in [4.78, 5) is 3.10. The van der Waals surface area contributed by atoms with Gasteiger partial charge in [-0.2, -0.15) is 13.2 Å². The van der Waals surface area contributed by atoms with E-state index in [9.17, 15) is 13.2 Å². The maximum atomic E-state index is 12.5. The third-order valence-electron chi connectivity index (χ3n) is 3.20. The molecular formula is C13H17F3N2S. The lowest BCUT2D eigenvalue weighted by Crippen LogP contribution is -2.21. The topological polar surface area (TPSA) is 29.3 Å². The van der Waals surface area contributed by atoms with Crippen molar-refractivity contribution in [3.8, 4) is 0 Å². The summed E-state index contributed by atoms with van der Waals surface area (Å²) in [7, 11) is 0. The summed E-state index contributed by atoms with van der Waals surface area (Å²) >= 11 is 1.52. The molecule has 2 rings (SSSR count). The quantitative estimate of drug-likeness (QED) is 0.680. The van der Waals surface area contributed by atoms with Crippen LogP contribution in [0.25, 0.3) is 0 Å². The number of nitrogens with two attached hydrogens (primary N) is 1. The molecule has 1 fully saturated rings. The second-order valence-electron chi connectivity index (χ2n) is 4.65. The van der Waals surface area contributed by atoms with Crippen LogP contribution in [-0.4, -0.2) is 30.3 Å². The number of nitrogens with zero attached hydrogens (tertiary/aromatic N) is 1. The van der Waals surface area contributed by atoms with Crippen LogP contribution in [-0.2, 0) is 6.18 Å². The normalized spacial score (nSPS) is 17.0. The molecule has 19 heavy (non-hydrogen) atoms. The van der Waals surface area contributed by atoms with Gasteiger partial charge in [0.25, 0.3) is 0 Å². The van der Waals surface area contributed by atoms with Gasteiger partial charge in [-0.3, -0.25) is 0 Å². The summed E-state index contributed by atoms with van der Waals surface area (Å²) < 4.78 is 37.5. The summed E-state index contributed by atoms with van der Waals surface area (Å²) in [5.74, 6) is 0.857. The molecule has 1 aliphatic rings. The molecule has 106 valence electrons. The molecule has 6 heteroatoms. The molecular weight excluding hydrogens is 273 g/mol. The smallest absolute Gasteiger partial charge is 0.398 e. The number of likely N-dealkylation sites (tertiary alicyclic amines) is 1. The van der Waals surface area contributed by atoms with E-state index in [-0.39, 0.29) is 5.69 Å². The minimum atomic E-state index is -4.33. The lowest BCUT2D eigenvalue weighted by Gasteiger charge is -2.15. The number of halogens is 3. The summed E-state index contributed by atoms with van der Waals surface area (Å²) in [6.45, 7) is 3.22. The van der Waals surface area contributed by atoms with Gasteiger partial charge in [-0.15, -0.1) is 11.8 Å². The Kier molecular flexibility index (Phi) is 4.62. The van der Waals surface area contributed by atoms with Crippen molar-refractivity contribution in [2.45, 2.75) is 23.9 Å². The maximum Gasteiger partial charge on any atom is 0.416 e. The highest BCUT2D eigenvalue weighted by Gasteiger charge is 2.30. The number of rotatable bonds is 4. The van der Waals surface area contributed by atoms with Gasteiger partial charge in [0.2, 0.25) is 0 Å². The highest BCUT2D eigenvalue weighted by molar-refractivity contribution is 7.99. The zero-order valence-corrected chi connectivity index (χ0v) is 11.4. The molecule has 0 aromatic heterocycles. The number of hydrogen-bond acceptors (Lipinski definition) is 3. The van der Waals surface area contributed by atoms with E-state index in [0.717, 1.165) is 42.4 Å². The highest BCUT2D eigenvalue weighted by atomic mass is 32.2. The van der Waals surface area contributed by atoms with Gasteiger partial charge in [0.05, 0.1) is 5.56 Å². The van der Waals surface area contributed by atoms with Crippen LogP contribution < -0.4 is 5.73 Å². The van der Waals surface area contributed by atoms with Gasteiger partial charge in [0.15, 0.2) is 0 Å². The molecule has 2 nitrogen and oxygen atoms in total. The van der Waals surface area contributed by atoms with E-state index in [1.54, 1.807) is 0 Å². The van der Waals surface area contributed by atoms with E-state index in [0.29, 0.717) is 0 Å². The highest BCUT2D eigenvalue weighted by Crippen LogP contribution is 2.34. The van der Waals surface area contributed by atoms with Gasteiger partial charge in [-0.25, -0.2) is 0 Å². The van der Waals surface area contributed by atoms with Crippen LogP contribution >= 0.6 is 11.8 Å². The number of anilines is 1. The van der Waals surface area contributed by atoms with Crippen LogP contribution in [0.3, 0.4) is 0 Å². The summed E-state index contributed by atoms with van der Waals surface area (Å²) in [6.07, 6.45) is -1.84. The largest absolute Gasteiger partial charge is 0.416 e. The Balaban J connectivity index is 1.90. The predicted octanol–water partition coefficient (Wildman–Crippen LogP) is 3.48. The van der Waals surface area contributed by atoms with Gasteiger partial charge in [0.1, 0.15) is 0 Å². The van der Waals surface area contributed by atoms with Crippen molar-refractivity contribution in [3.05, 3.63) is 23.8 Å². The monoisotopic (exact) mass is 290 g/mol. The van der Waals surface area contributed by atoms with Crippen molar-refractivity contribution in [1.82, 2.24) is 4.90 Å². The van der Waals surface area contributed by atoms with E-state index in [1.165, 1.54) is 30.7 Å². The summed E-state index contributed by atoms with van der Waals surface area (Å²) in [5.41, 5.74) is 5.20. The minimum Gasteiger partial charge on any atom is -0.398 e. The molecule has 0 atom stereocenters. The van der Waals surface area contributed by atoms with Crippen LogP contribution in [0, 0.1) is 0 Å². The fourth-order valence-electron chi connectivity index (χ4n) is 2.15. The van der Waals surface area contributed by atoms with Gasteiger partial charge >= 0.3 is 6.18 Å². The van der Waals surface area contributed by atoms with E-state index in [4.69, 9.17) is 5.73 Å². The first-order valence-electron chi connectivity index (χ1n) is 6.29. The molecule has 1 aliphatic heterocycles. The second-order valence-corrected chi connectivity index (χ2v) is 5.78. The Morgan fingerprint density at radius 2 is 1.89 bits per heavy atom.